The van der Waals surface area contributed by atoms with Gasteiger partial charge in [0.15, 0.2) is 0 Å². The molecule has 4 heteroatoms. The van der Waals surface area contributed by atoms with E-state index < -0.39 is 0 Å². The third kappa shape index (κ3) is 7.79. The molecule has 0 spiro atoms. The molecule has 0 radical (unpaired) electrons. The number of anilines is 1. The van der Waals surface area contributed by atoms with Crippen molar-refractivity contribution in [3.8, 4) is 0 Å². The van der Waals surface area contributed by atoms with Gasteiger partial charge in [0.05, 0.1) is 0 Å². The highest BCUT2D eigenvalue weighted by molar-refractivity contribution is 5.48. The first kappa shape index (κ1) is 18.4. The van der Waals surface area contributed by atoms with Crippen LogP contribution in [-0.4, -0.2) is 25.2 Å². The second-order valence-electron chi connectivity index (χ2n) is 5.37. The van der Waals surface area contributed by atoms with Crippen LogP contribution in [0.15, 0.2) is 24.3 Å². The molecule has 1 aromatic rings. The minimum Gasteiger partial charge on any atom is -0.462 e. The Morgan fingerprint density at radius 2 is 1.85 bits per heavy atom. The van der Waals surface area contributed by atoms with Gasteiger partial charge in [0.25, 0.3) is 6.47 Å². The van der Waals surface area contributed by atoms with E-state index in [1.54, 1.807) is 0 Å². The van der Waals surface area contributed by atoms with Crippen LogP contribution in [0.2, 0.25) is 0 Å². The Hall–Kier alpha value is -1.55. The van der Waals surface area contributed by atoms with Crippen molar-refractivity contribution in [2.75, 3.05) is 18.0 Å². The highest BCUT2D eigenvalue weighted by Gasteiger charge is 2.07. The van der Waals surface area contributed by atoms with Gasteiger partial charge in [-0.25, -0.2) is 0 Å². The van der Waals surface area contributed by atoms with Gasteiger partial charge in [0.2, 0.25) is 0 Å². The Morgan fingerprint density at radius 3 is 2.20 bits per heavy atom. The van der Waals surface area contributed by atoms with E-state index in [2.05, 4.69) is 47.7 Å². The van der Waals surface area contributed by atoms with Gasteiger partial charge in [-0.2, -0.15) is 0 Å². The van der Waals surface area contributed by atoms with E-state index in [1.165, 1.54) is 11.3 Å². The van der Waals surface area contributed by atoms with Crippen LogP contribution < -0.4 is 10.6 Å². The molecule has 4 nitrogen and oxygen atoms in total. The van der Waals surface area contributed by atoms with Crippen molar-refractivity contribution in [2.45, 2.75) is 46.8 Å². The summed E-state index contributed by atoms with van der Waals surface area (Å²) in [5.41, 5.74) is 7.74. The highest BCUT2D eigenvalue weighted by atomic mass is 16.5. The summed E-state index contributed by atoms with van der Waals surface area (Å²) in [5.74, 6) is 0. The summed E-state index contributed by atoms with van der Waals surface area (Å²) in [5, 5.41) is 0. The summed E-state index contributed by atoms with van der Waals surface area (Å²) in [6.45, 7) is 13.0. The Labute approximate surface area is 122 Å². The molecular formula is C16H28N2O2. The van der Waals surface area contributed by atoms with Gasteiger partial charge in [0.1, 0.15) is 5.60 Å². The normalized spacial score (nSPS) is 10.3. The molecule has 0 aliphatic rings. The molecule has 0 aliphatic heterocycles. The van der Waals surface area contributed by atoms with E-state index in [0.717, 1.165) is 13.1 Å². The predicted octanol–water partition coefficient (Wildman–Crippen LogP) is 2.95. The molecule has 0 atom stereocenters. The van der Waals surface area contributed by atoms with Crippen molar-refractivity contribution < 1.29 is 9.53 Å². The lowest BCUT2D eigenvalue weighted by Crippen LogP contribution is -2.21. The van der Waals surface area contributed by atoms with Gasteiger partial charge in [-0.15, -0.1) is 0 Å². The fourth-order valence-electron chi connectivity index (χ4n) is 1.61. The topological polar surface area (TPSA) is 55.6 Å². The predicted molar refractivity (Wildman–Crippen MR) is 84.8 cm³/mol. The van der Waals surface area contributed by atoms with Crippen LogP contribution in [0.5, 0.6) is 0 Å². The number of benzene rings is 1. The van der Waals surface area contributed by atoms with Gasteiger partial charge in [-0.05, 0) is 52.3 Å². The summed E-state index contributed by atoms with van der Waals surface area (Å²) in [7, 11) is 0. The molecule has 2 N–H and O–H groups in total. The lowest BCUT2D eigenvalue weighted by atomic mass is 10.2. The quantitative estimate of drug-likeness (QED) is 0.843. The lowest BCUT2D eigenvalue weighted by Gasteiger charge is -2.21. The third-order valence-corrected chi connectivity index (χ3v) is 2.68. The maximum absolute atomic E-state index is 9.60. The van der Waals surface area contributed by atoms with E-state index >= 15 is 0 Å². The molecule has 0 heterocycles. The second kappa shape index (κ2) is 9.37. The molecule has 0 saturated heterocycles. The Bertz CT molecular complexity index is 382. The fraction of sp³-hybridized carbons (Fsp3) is 0.562. The van der Waals surface area contributed by atoms with Crippen molar-refractivity contribution in [1.82, 2.24) is 0 Å². The van der Waals surface area contributed by atoms with E-state index in [4.69, 9.17) is 5.73 Å². The van der Waals surface area contributed by atoms with Crippen molar-refractivity contribution in [3.63, 3.8) is 0 Å². The molecule has 1 aromatic carbocycles. The van der Waals surface area contributed by atoms with Crippen molar-refractivity contribution >= 4 is 12.2 Å². The average Bonchev–Trinajstić information content (AvgIpc) is 2.40. The number of nitrogens with zero attached hydrogens (tertiary/aromatic N) is 1. The van der Waals surface area contributed by atoms with E-state index in [0.29, 0.717) is 13.0 Å². The van der Waals surface area contributed by atoms with Gasteiger partial charge in [0, 0.05) is 25.3 Å². The largest absolute Gasteiger partial charge is 0.462 e. The van der Waals surface area contributed by atoms with Gasteiger partial charge in [-0.1, -0.05) is 12.1 Å². The zero-order chi connectivity index (χ0) is 15.6. The minimum absolute atomic E-state index is 0.318. The third-order valence-electron chi connectivity index (χ3n) is 2.68. The number of ether oxygens (including phenoxy) is 1. The van der Waals surface area contributed by atoms with Crippen LogP contribution in [-0.2, 0) is 16.1 Å². The molecule has 0 aliphatic carbocycles. The number of carbonyl (C=O) groups is 1. The Balaban J connectivity index is 0.000000441. The molecule has 0 unspecified atom stereocenters. The zero-order valence-corrected chi connectivity index (χ0v) is 13.3. The fourth-order valence-corrected chi connectivity index (χ4v) is 1.61. The molecular weight excluding hydrogens is 252 g/mol. The van der Waals surface area contributed by atoms with Crippen molar-refractivity contribution in [1.29, 1.82) is 0 Å². The average molecular weight is 280 g/mol. The van der Waals surface area contributed by atoms with E-state index in [-0.39, 0.29) is 5.60 Å². The first-order valence-electron chi connectivity index (χ1n) is 7.03. The van der Waals surface area contributed by atoms with E-state index in [9.17, 15) is 4.79 Å². The molecule has 114 valence electrons. The minimum atomic E-state index is -0.318. The number of hydrogen-bond acceptors (Lipinski definition) is 4. The molecule has 0 amide bonds. The van der Waals surface area contributed by atoms with Crippen LogP contribution in [0.1, 0.15) is 40.2 Å². The maximum Gasteiger partial charge on any atom is 0.293 e. The van der Waals surface area contributed by atoms with Crippen LogP contribution in [0, 0.1) is 0 Å². The molecule has 0 aromatic heterocycles. The lowest BCUT2D eigenvalue weighted by molar-refractivity contribution is -0.138. The van der Waals surface area contributed by atoms with Crippen LogP contribution in [0.4, 0.5) is 5.69 Å². The van der Waals surface area contributed by atoms with Crippen LogP contribution >= 0.6 is 0 Å². The van der Waals surface area contributed by atoms with Gasteiger partial charge >= 0.3 is 0 Å². The number of rotatable bonds is 5. The summed E-state index contributed by atoms with van der Waals surface area (Å²) >= 11 is 0. The monoisotopic (exact) mass is 280 g/mol. The van der Waals surface area contributed by atoms with Gasteiger partial charge in [-0.3, -0.25) is 4.79 Å². The highest BCUT2D eigenvalue weighted by Crippen LogP contribution is 2.15. The smallest absolute Gasteiger partial charge is 0.293 e. The summed E-state index contributed by atoms with van der Waals surface area (Å²) < 4.78 is 4.55. The van der Waals surface area contributed by atoms with Gasteiger partial charge < -0.3 is 15.4 Å². The summed E-state index contributed by atoms with van der Waals surface area (Å²) in [4.78, 5) is 11.9. The summed E-state index contributed by atoms with van der Waals surface area (Å²) in [6, 6.07) is 8.42. The molecule has 20 heavy (non-hydrogen) atoms. The number of hydrogen-bond donors (Lipinski definition) is 1. The maximum atomic E-state index is 9.60. The second-order valence-corrected chi connectivity index (χ2v) is 5.37. The van der Waals surface area contributed by atoms with E-state index in [1.807, 2.05) is 20.8 Å². The van der Waals surface area contributed by atoms with Crippen molar-refractivity contribution in [3.05, 3.63) is 29.8 Å². The molecule has 1 rings (SSSR count). The van der Waals surface area contributed by atoms with Crippen LogP contribution in [0.25, 0.3) is 0 Å². The van der Waals surface area contributed by atoms with Crippen molar-refractivity contribution in [2.24, 2.45) is 5.73 Å². The first-order chi connectivity index (χ1) is 9.37. The Morgan fingerprint density at radius 1 is 1.25 bits per heavy atom. The molecule has 0 saturated carbocycles. The number of carbonyl (C=O) groups excluding carboxylic acids is 1. The standard InChI is InChI=1S/C11H18N2.C5H10O2/c1-3-13(4-2)11-7-5-6-10(8-11)9-12;1-5(2,3)7-4-6/h5-8H,3-4,9,12H2,1-2H3;4H,1-3H3. The zero-order valence-electron chi connectivity index (χ0n) is 13.3. The molecule has 0 fully saturated rings. The van der Waals surface area contributed by atoms with Crippen LogP contribution in [0.3, 0.4) is 0 Å². The number of nitrogens with two attached hydrogens (primary N) is 1. The summed E-state index contributed by atoms with van der Waals surface area (Å²) in [6.07, 6.45) is 0. The first-order valence-corrected chi connectivity index (χ1v) is 7.03. The molecule has 0 bridgehead atoms. The SMILES string of the molecule is CC(C)(C)OC=O.CCN(CC)c1cccc(CN)c1. The Kier molecular flexibility index (Phi) is 8.64.